The van der Waals surface area contributed by atoms with E-state index in [2.05, 4.69) is 25.5 Å². The van der Waals surface area contributed by atoms with E-state index < -0.39 is 0 Å². The fourth-order valence-electron chi connectivity index (χ4n) is 3.75. The molecular weight excluding hydrogens is 466 g/mol. The van der Waals surface area contributed by atoms with E-state index in [1.54, 1.807) is 19.2 Å². The predicted molar refractivity (Wildman–Crippen MR) is 125 cm³/mol. The second-order valence-corrected chi connectivity index (χ2v) is 8.99. The summed E-state index contributed by atoms with van der Waals surface area (Å²) in [7, 11) is 3.27. The Bertz CT molecular complexity index is 1130. The van der Waals surface area contributed by atoms with Gasteiger partial charge in [-0.2, -0.15) is 0 Å². The number of carbonyl (C=O) groups excluding carboxylic acids is 1. The molecule has 0 atom stereocenters. The minimum atomic E-state index is -0.379. The van der Waals surface area contributed by atoms with Crippen LogP contribution in [0.1, 0.15) is 41.7 Å². The van der Waals surface area contributed by atoms with Gasteiger partial charge < -0.3 is 14.2 Å². The molecule has 3 aromatic heterocycles. The smallest absolute Gasteiger partial charge is 0.296 e. The molecule has 1 aliphatic carbocycles. The van der Waals surface area contributed by atoms with Gasteiger partial charge in [-0.1, -0.05) is 16.7 Å². The number of carbonyl (C=O) groups is 1. The second kappa shape index (κ2) is 10.4. The molecule has 3 aromatic rings. The Labute approximate surface area is 200 Å². The van der Waals surface area contributed by atoms with Gasteiger partial charge in [0.05, 0.1) is 25.0 Å². The molecule has 3 heterocycles. The lowest BCUT2D eigenvalue weighted by atomic mass is 9.95. The van der Waals surface area contributed by atoms with Crippen LogP contribution in [0.25, 0.3) is 11.1 Å². The van der Waals surface area contributed by atoms with Crippen LogP contribution in [-0.2, 0) is 4.74 Å². The molecule has 9 nitrogen and oxygen atoms in total. The lowest BCUT2D eigenvalue weighted by Gasteiger charge is -2.26. The molecule has 33 heavy (non-hydrogen) atoms. The number of aromatic nitrogens is 4. The van der Waals surface area contributed by atoms with Crippen molar-refractivity contribution in [1.82, 2.24) is 20.2 Å². The number of ether oxygens (including phenoxy) is 3. The summed E-state index contributed by atoms with van der Waals surface area (Å²) in [6.45, 7) is 1.84. The lowest BCUT2D eigenvalue weighted by molar-refractivity contribution is 0.0325. The van der Waals surface area contributed by atoms with E-state index >= 15 is 0 Å². The Morgan fingerprint density at radius 1 is 1.06 bits per heavy atom. The first-order chi connectivity index (χ1) is 16.0. The summed E-state index contributed by atoms with van der Waals surface area (Å²) in [6.07, 6.45) is 7.10. The van der Waals surface area contributed by atoms with Crippen molar-refractivity contribution in [2.45, 2.75) is 44.8 Å². The Hall–Kier alpha value is -2.82. The van der Waals surface area contributed by atoms with Gasteiger partial charge in [0, 0.05) is 30.1 Å². The fraction of sp³-hybridized carbons (Fsp3) is 0.409. The molecule has 0 aliphatic heterocycles. The number of aryl methyl sites for hydroxylation is 1. The third-order valence-corrected chi connectivity index (χ3v) is 6.41. The number of hydrogen-bond acceptors (Lipinski definition) is 9. The molecule has 1 N–H and O–H groups in total. The van der Waals surface area contributed by atoms with Crippen molar-refractivity contribution in [1.29, 1.82) is 0 Å². The van der Waals surface area contributed by atoms with Gasteiger partial charge in [-0.3, -0.25) is 15.1 Å². The number of nitrogens with one attached hydrogen (secondary N) is 1. The number of halogens is 1. The number of methoxy groups -OCH3 is 2. The SMILES string of the molecule is COc1cnc(Cl)cc1-c1cc(C)ncc1C(=O)Nc1nnc(OC2CCC(OC)CC2)s1. The van der Waals surface area contributed by atoms with E-state index in [9.17, 15) is 4.79 Å². The second-order valence-electron chi connectivity index (χ2n) is 7.66. The highest BCUT2D eigenvalue weighted by molar-refractivity contribution is 7.17. The number of pyridine rings is 2. The van der Waals surface area contributed by atoms with E-state index in [4.69, 9.17) is 25.8 Å². The molecule has 0 saturated heterocycles. The first-order valence-electron chi connectivity index (χ1n) is 10.5. The van der Waals surface area contributed by atoms with Gasteiger partial charge in [0.15, 0.2) is 0 Å². The number of amides is 1. The maximum Gasteiger partial charge on any atom is 0.296 e. The van der Waals surface area contributed by atoms with Crippen LogP contribution in [0, 0.1) is 6.92 Å². The minimum absolute atomic E-state index is 0.0738. The van der Waals surface area contributed by atoms with Gasteiger partial charge in [0.25, 0.3) is 11.1 Å². The maximum atomic E-state index is 13.1. The monoisotopic (exact) mass is 489 g/mol. The Morgan fingerprint density at radius 3 is 2.55 bits per heavy atom. The molecule has 4 rings (SSSR count). The summed E-state index contributed by atoms with van der Waals surface area (Å²) in [5.41, 5.74) is 2.35. The molecule has 11 heteroatoms. The first-order valence-corrected chi connectivity index (χ1v) is 11.7. The van der Waals surface area contributed by atoms with E-state index in [1.807, 2.05) is 6.92 Å². The van der Waals surface area contributed by atoms with Crippen molar-refractivity contribution in [3.05, 3.63) is 40.9 Å². The van der Waals surface area contributed by atoms with Crippen molar-refractivity contribution in [2.75, 3.05) is 19.5 Å². The normalized spacial score (nSPS) is 18.1. The number of rotatable bonds is 7. The molecule has 174 valence electrons. The zero-order chi connectivity index (χ0) is 23.4. The van der Waals surface area contributed by atoms with Crippen molar-refractivity contribution in [2.24, 2.45) is 0 Å². The highest BCUT2D eigenvalue weighted by Crippen LogP contribution is 2.34. The molecular formula is C22H24ClN5O4S. The van der Waals surface area contributed by atoms with Gasteiger partial charge in [0.1, 0.15) is 17.0 Å². The van der Waals surface area contributed by atoms with Crippen molar-refractivity contribution >= 4 is 34.0 Å². The molecule has 0 bridgehead atoms. The molecule has 0 radical (unpaired) electrons. The van der Waals surface area contributed by atoms with Crippen molar-refractivity contribution < 1.29 is 19.0 Å². The van der Waals surface area contributed by atoms with Gasteiger partial charge in [-0.25, -0.2) is 4.98 Å². The maximum absolute atomic E-state index is 13.1. The van der Waals surface area contributed by atoms with Crippen molar-refractivity contribution in [3.63, 3.8) is 0 Å². The third-order valence-electron chi connectivity index (χ3n) is 5.48. The fourth-order valence-corrected chi connectivity index (χ4v) is 4.57. The summed E-state index contributed by atoms with van der Waals surface area (Å²) in [4.78, 5) is 21.4. The Morgan fingerprint density at radius 2 is 1.82 bits per heavy atom. The minimum Gasteiger partial charge on any atom is -0.494 e. The van der Waals surface area contributed by atoms with Crippen LogP contribution in [-0.4, -0.2) is 52.5 Å². The highest BCUT2D eigenvalue weighted by Gasteiger charge is 2.24. The van der Waals surface area contributed by atoms with Crippen LogP contribution in [0.3, 0.4) is 0 Å². The summed E-state index contributed by atoms with van der Waals surface area (Å²) in [5.74, 6) is 0.115. The lowest BCUT2D eigenvalue weighted by Crippen LogP contribution is -2.27. The topological polar surface area (TPSA) is 108 Å². The van der Waals surface area contributed by atoms with Gasteiger partial charge in [0.2, 0.25) is 5.13 Å². The standard InChI is InChI=1S/C22H24ClN5O4S/c1-12-8-15(16-9-19(23)25-11-18(16)31-3)17(10-24-12)20(29)26-21-27-28-22(33-21)32-14-6-4-13(30-2)5-7-14/h8-11,13-14H,4-7H2,1-3H3,(H,26,27,29). The van der Waals surface area contributed by atoms with E-state index in [1.165, 1.54) is 30.8 Å². The highest BCUT2D eigenvalue weighted by atomic mass is 35.5. The van der Waals surface area contributed by atoms with E-state index in [0.29, 0.717) is 38.9 Å². The van der Waals surface area contributed by atoms with Gasteiger partial charge in [-0.05, 0) is 56.1 Å². The molecule has 1 saturated carbocycles. The van der Waals surface area contributed by atoms with Gasteiger partial charge in [-0.15, -0.1) is 5.10 Å². The zero-order valence-corrected chi connectivity index (χ0v) is 20.1. The van der Waals surface area contributed by atoms with E-state index in [0.717, 1.165) is 31.4 Å². The van der Waals surface area contributed by atoms with Crippen molar-refractivity contribution in [3.8, 4) is 22.1 Å². The molecule has 0 unspecified atom stereocenters. The summed E-state index contributed by atoms with van der Waals surface area (Å²) >= 11 is 7.29. The van der Waals surface area contributed by atoms with Crippen LogP contribution >= 0.6 is 22.9 Å². The molecule has 0 spiro atoms. The number of hydrogen-bond donors (Lipinski definition) is 1. The number of anilines is 1. The van der Waals surface area contributed by atoms with Crippen LogP contribution in [0.15, 0.2) is 24.5 Å². The third kappa shape index (κ3) is 5.58. The average molecular weight is 490 g/mol. The molecule has 1 aliphatic rings. The van der Waals surface area contributed by atoms with Gasteiger partial charge >= 0.3 is 0 Å². The summed E-state index contributed by atoms with van der Waals surface area (Å²) in [6, 6.07) is 3.45. The quantitative estimate of drug-likeness (QED) is 0.481. The molecule has 0 aromatic carbocycles. The van der Waals surface area contributed by atoms with E-state index in [-0.39, 0.29) is 17.2 Å². The summed E-state index contributed by atoms with van der Waals surface area (Å²) < 4.78 is 16.8. The molecule has 1 amide bonds. The van der Waals surface area contributed by atoms with Crippen LogP contribution in [0.5, 0.6) is 10.9 Å². The Balaban J connectivity index is 1.51. The predicted octanol–water partition coefficient (Wildman–Crippen LogP) is 4.55. The van der Waals surface area contributed by atoms with Crippen LogP contribution < -0.4 is 14.8 Å². The zero-order valence-electron chi connectivity index (χ0n) is 18.5. The Kier molecular flexibility index (Phi) is 7.36. The van der Waals surface area contributed by atoms with Crippen LogP contribution in [0.4, 0.5) is 5.13 Å². The van der Waals surface area contributed by atoms with Crippen LogP contribution in [0.2, 0.25) is 5.15 Å². The molecule has 1 fully saturated rings. The summed E-state index contributed by atoms with van der Waals surface area (Å²) in [5, 5.41) is 12.0. The number of nitrogens with zero attached hydrogens (tertiary/aromatic N) is 4. The first kappa shape index (κ1) is 23.3. The average Bonchev–Trinajstić information content (AvgIpc) is 3.25. The largest absolute Gasteiger partial charge is 0.494 e.